The minimum atomic E-state index is -0.599. The van der Waals surface area contributed by atoms with E-state index >= 15 is 0 Å². The fourth-order valence-electron chi connectivity index (χ4n) is 1.93. The number of phenolic OH excluding ortho intramolecular Hbond substituents is 1. The first-order valence-electron chi connectivity index (χ1n) is 6.77. The van der Waals surface area contributed by atoms with Crippen LogP contribution in [0.25, 0.3) is 0 Å². The highest BCUT2D eigenvalue weighted by Crippen LogP contribution is 2.16. The van der Waals surface area contributed by atoms with Crippen LogP contribution in [-0.4, -0.2) is 28.6 Å². The van der Waals surface area contributed by atoms with E-state index in [2.05, 4.69) is 10.3 Å². The van der Waals surface area contributed by atoms with E-state index < -0.39 is 6.04 Å². The highest BCUT2D eigenvalue weighted by Gasteiger charge is 2.16. The number of amides is 1. The summed E-state index contributed by atoms with van der Waals surface area (Å²) in [4.78, 5) is 16.2. The lowest BCUT2D eigenvalue weighted by Gasteiger charge is -2.14. The Balaban J connectivity index is 1.81. The molecule has 1 aromatic heterocycles. The zero-order valence-corrected chi connectivity index (χ0v) is 12.6. The Hall–Kier alpha value is -1.92. The van der Waals surface area contributed by atoms with Gasteiger partial charge in [0.05, 0.1) is 11.0 Å². The summed E-state index contributed by atoms with van der Waals surface area (Å²) in [5, 5.41) is 15.0. The molecule has 1 heterocycles. The molecule has 0 aliphatic rings. The lowest BCUT2D eigenvalue weighted by atomic mass is 10.1. The fourth-order valence-corrected chi connectivity index (χ4v) is 2.63. The summed E-state index contributed by atoms with van der Waals surface area (Å²) >= 11 is 1.58. The molecule has 21 heavy (non-hydrogen) atoms. The summed E-state index contributed by atoms with van der Waals surface area (Å²) in [6.45, 7) is 2.54. The summed E-state index contributed by atoms with van der Waals surface area (Å²) in [5.41, 5.74) is 6.82. The average Bonchev–Trinajstić information content (AvgIpc) is 3.01. The predicted octanol–water partition coefficient (Wildman–Crippen LogP) is 1.64. The molecule has 0 aliphatic carbocycles. The topological polar surface area (TPSA) is 88.2 Å². The number of benzene rings is 1. The number of nitrogens with one attached hydrogen (secondary N) is 1. The van der Waals surface area contributed by atoms with Crippen LogP contribution >= 0.6 is 11.3 Å². The minimum absolute atomic E-state index is 0.175. The molecule has 0 saturated heterocycles. The van der Waals surface area contributed by atoms with E-state index in [0.29, 0.717) is 13.0 Å². The Morgan fingerprint density at radius 3 is 2.76 bits per heavy atom. The van der Waals surface area contributed by atoms with Crippen LogP contribution in [0.15, 0.2) is 35.8 Å². The van der Waals surface area contributed by atoms with Crippen LogP contribution in [0.2, 0.25) is 0 Å². The van der Waals surface area contributed by atoms with Crippen molar-refractivity contribution in [3.05, 3.63) is 46.4 Å². The summed E-state index contributed by atoms with van der Waals surface area (Å²) < 4.78 is 0. The third-order valence-corrected chi connectivity index (χ3v) is 4.19. The van der Waals surface area contributed by atoms with Gasteiger partial charge in [0.1, 0.15) is 5.75 Å². The molecule has 112 valence electrons. The maximum Gasteiger partial charge on any atom is 0.237 e. The Morgan fingerprint density at radius 2 is 2.14 bits per heavy atom. The molecule has 0 fully saturated rings. The van der Waals surface area contributed by atoms with Crippen molar-refractivity contribution in [3.8, 4) is 5.75 Å². The molecule has 2 rings (SSSR count). The van der Waals surface area contributed by atoms with E-state index in [9.17, 15) is 9.90 Å². The van der Waals surface area contributed by atoms with Crippen LogP contribution in [0, 0.1) is 0 Å². The third kappa shape index (κ3) is 4.54. The van der Waals surface area contributed by atoms with Gasteiger partial charge in [-0.15, -0.1) is 11.3 Å². The van der Waals surface area contributed by atoms with Gasteiger partial charge in [0.25, 0.3) is 0 Å². The summed E-state index contributed by atoms with van der Waals surface area (Å²) in [7, 11) is 0. The standard InChI is InChI=1S/C15H19N3O2S/c1-10(15-17-6-7-21-15)9-18-14(20)13(16)8-11-2-4-12(19)5-3-11/h2-7,10,13,19H,8-9,16H2,1H3,(H,18,20). The van der Waals surface area contributed by atoms with Crippen molar-refractivity contribution >= 4 is 17.2 Å². The number of thiazole rings is 1. The highest BCUT2D eigenvalue weighted by molar-refractivity contribution is 7.09. The fraction of sp³-hybridized carbons (Fsp3) is 0.333. The summed E-state index contributed by atoms with van der Waals surface area (Å²) in [6.07, 6.45) is 2.20. The predicted molar refractivity (Wildman–Crippen MR) is 83.3 cm³/mol. The summed E-state index contributed by atoms with van der Waals surface area (Å²) in [5.74, 6) is 0.204. The Morgan fingerprint density at radius 1 is 1.43 bits per heavy atom. The highest BCUT2D eigenvalue weighted by atomic mass is 32.1. The molecule has 2 atom stereocenters. The number of aromatic hydroxyl groups is 1. The normalized spacial score (nSPS) is 13.6. The zero-order valence-electron chi connectivity index (χ0n) is 11.8. The van der Waals surface area contributed by atoms with Gasteiger partial charge in [-0.1, -0.05) is 19.1 Å². The van der Waals surface area contributed by atoms with Gasteiger partial charge in [-0.3, -0.25) is 4.79 Å². The molecular weight excluding hydrogens is 286 g/mol. The van der Waals surface area contributed by atoms with Crippen LogP contribution in [-0.2, 0) is 11.2 Å². The molecule has 5 nitrogen and oxygen atoms in total. The second-order valence-electron chi connectivity index (χ2n) is 4.99. The Kier molecular flexibility index (Phi) is 5.30. The third-order valence-electron chi connectivity index (χ3n) is 3.18. The zero-order chi connectivity index (χ0) is 15.2. The van der Waals surface area contributed by atoms with Gasteiger partial charge in [0.15, 0.2) is 0 Å². The van der Waals surface area contributed by atoms with Gasteiger partial charge in [-0.05, 0) is 24.1 Å². The van der Waals surface area contributed by atoms with Crippen molar-refractivity contribution in [1.82, 2.24) is 10.3 Å². The van der Waals surface area contributed by atoms with Crippen molar-refractivity contribution in [3.63, 3.8) is 0 Å². The lowest BCUT2D eigenvalue weighted by molar-refractivity contribution is -0.122. The van der Waals surface area contributed by atoms with Gasteiger partial charge in [0, 0.05) is 24.0 Å². The maximum atomic E-state index is 12.0. The Labute approximate surface area is 127 Å². The van der Waals surface area contributed by atoms with E-state index in [-0.39, 0.29) is 17.6 Å². The van der Waals surface area contributed by atoms with E-state index in [1.165, 1.54) is 0 Å². The number of aromatic nitrogens is 1. The van der Waals surface area contributed by atoms with Gasteiger partial charge in [-0.2, -0.15) is 0 Å². The molecule has 2 unspecified atom stereocenters. The van der Waals surface area contributed by atoms with E-state index in [0.717, 1.165) is 10.6 Å². The molecule has 0 radical (unpaired) electrons. The van der Waals surface area contributed by atoms with E-state index in [1.54, 1.807) is 41.8 Å². The number of nitrogens with zero attached hydrogens (tertiary/aromatic N) is 1. The largest absolute Gasteiger partial charge is 0.508 e. The van der Waals surface area contributed by atoms with Crippen molar-refractivity contribution in [2.45, 2.75) is 25.3 Å². The SMILES string of the molecule is CC(CNC(=O)C(N)Cc1ccc(O)cc1)c1nccs1. The van der Waals surface area contributed by atoms with Crippen LogP contribution in [0.1, 0.15) is 23.4 Å². The Bertz CT molecular complexity index is 569. The smallest absolute Gasteiger partial charge is 0.237 e. The molecular formula is C15H19N3O2S. The first kappa shape index (κ1) is 15.5. The molecule has 2 aromatic rings. The molecule has 0 bridgehead atoms. The van der Waals surface area contributed by atoms with Gasteiger partial charge >= 0.3 is 0 Å². The van der Waals surface area contributed by atoms with Crippen molar-refractivity contribution < 1.29 is 9.90 Å². The second-order valence-corrected chi connectivity index (χ2v) is 5.92. The molecule has 0 saturated carbocycles. The number of nitrogens with two attached hydrogens (primary N) is 1. The first-order valence-corrected chi connectivity index (χ1v) is 7.65. The van der Waals surface area contributed by atoms with E-state index in [4.69, 9.17) is 5.73 Å². The molecule has 1 amide bonds. The quantitative estimate of drug-likeness (QED) is 0.757. The lowest BCUT2D eigenvalue weighted by Crippen LogP contribution is -2.43. The van der Waals surface area contributed by atoms with Gasteiger partial charge in [0.2, 0.25) is 5.91 Å². The number of rotatable bonds is 6. The number of phenols is 1. The van der Waals surface area contributed by atoms with E-state index in [1.807, 2.05) is 12.3 Å². The molecule has 0 spiro atoms. The monoisotopic (exact) mass is 305 g/mol. The molecule has 4 N–H and O–H groups in total. The average molecular weight is 305 g/mol. The number of hydrogen-bond donors (Lipinski definition) is 3. The van der Waals surface area contributed by atoms with Crippen LogP contribution < -0.4 is 11.1 Å². The maximum absolute atomic E-state index is 12.0. The first-order chi connectivity index (χ1) is 10.1. The second kappa shape index (κ2) is 7.19. The number of hydrogen-bond acceptors (Lipinski definition) is 5. The van der Waals surface area contributed by atoms with Gasteiger partial charge < -0.3 is 16.2 Å². The summed E-state index contributed by atoms with van der Waals surface area (Å²) in [6, 6.07) is 6.11. The van der Waals surface area contributed by atoms with Crippen LogP contribution in [0.5, 0.6) is 5.75 Å². The number of carbonyl (C=O) groups is 1. The van der Waals surface area contributed by atoms with Crippen molar-refractivity contribution in [2.24, 2.45) is 5.73 Å². The number of carbonyl (C=O) groups excluding carboxylic acids is 1. The van der Waals surface area contributed by atoms with Crippen molar-refractivity contribution in [1.29, 1.82) is 0 Å². The van der Waals surface area contributed by atoms with Gasteiger partial charge in [-0.25, -0.2) is 4.98 Å². The van der Waals surface area contributed by atoms with Crippen LogP contribution in [0.4, 0.5) is 0 Å². The molecule has 1 aromatic carbocycles. The van der Waals surface area contributed by atoms with Crippen LogP contribution in [0.3, 0.4) is 0 Å². The molecule has 0 aliphatic heterocycles. The van der Waals surface area contributed by atoms with Crippen molar-refractivity contribution in [2.75, 3.05) is 6.54 Å². The minimum Gasteiger partial charge on any atom is -0.508 e. The molecule has 6 heteroatoms.